The van der Waals surface area contributed by atoms with Crippen molar-refractivity contribution in [3.05, 3.63) is 70.6 Å². The van der Waals surface area contributed by atoms with Crippen LogP contribution in [0, 0.1) is 0 Å². The molecule has 0 saturated carbocycles. The molecule has 0 aliphatic carbocycles. The lowest BCUT2D eigenvalue weighted by Crippen LogP contribution is -2.45. The molecule has 0 spiro atoms. The minimum Gasteiger partial charge on any atom is -0.496 e. The highest BCUT2D eigenvalue weighted by Crippen LogP contribution is 2.36. The number of carboxylic acids is 1. The van der Waals surface area contributed by atoms with E-state index < -0.39 is 17.9 Å². The maximum atomic E-state index is 12.9. The second kappa shape index (κ2) is 8.37. The van der Waals surface area contributed by atoms with Crippen molar-refractivity contribution in [1.29, 1.82) is 0 Å². The predicted octanol–water partition coefficient (Wildman–Crippen LogP) is 3.59. The number of carbonyl (C=O) groups is 2. The summed E-state index contributed by atoms with van der Waals surface area (Å²) >= 11 is 6.42. The number of thiocarbonyl (C=S) groups is 1. The minimum atomic E-state index is -1.09. The highest BCUT2D eigenvalue weighted by molar-refractivity contribution is 8.26. The monoisotopic (exact) mass is 399 g/mol. The summed E-state index contributed by atoms with van der Waals surface area (Å²) in [4.78, 5) is 26.3. The van der Waals surface area contributed by atoms with Crippen molar-refractivity contribution in [2.45, 2.75) is 12.5 Å². The molecule has 1 atom stereocenters. The molecule has 1 aliphatic rings. The number of amides is 1. The van der Waals surface area contributed by atoms with E-state index in [4.69, 9.17) is 17.0 Å². The van der Waals surface area contributed by atoms with Crippen molar-refractivity contribution in [3.8, 4) is 5.75 Å². The van der Waals surface area contributed by atoms with Crippen molar-refractivity contribution in [2.75, 3.05) is 7.11 Å². The molecule has 1 fully saturated rings. The van der Waals surface area contributed by atoms with Crippen LogP contribution >= 0.6 is 24.0 Å². The molecule has 1 amide bonds. The highest BCUT2D eigenvalue weighted by Gasteiger charge is 2.40. The van der Waals surface area contributed by atoms with Gasteiger partial charge in [-0.2, -0.15) is 0 Å². The first-order chi connectivity index (χ1) is 13.0. The molecule has 3 rings (SSSR count). The molecular weight excluding hydrogens is 382 g/mol. The molecule has 1 heterocycles. The van der Waals surface area contributed by atoms with E-state index in [9.17, 15) is 14.7 Å². The lowest BCUT2D eigenvalue weighted by Gasteiger charge is -2.23. The summed E-state index contributed by atoms with van der Waals surface area (Å²) in [5.41, 5.74) is 1.56. The highest BCUT2D eigenvalue weighted by atomic mass is 32.2. The third kappa shape index (κ3) is 4.20. The SMILES string of the molecule is COc1ccccc1/C=C1/SC(=S)N(C(Cc2ccccc2)C(=O)O)C1=O. The van der Waals surface area contributed by atoms with E-state index >= 15 is 0 Å². The maximum Gasteiger partial charge on any atom is 0.327 e. The molecule has 7 heteroatoms. The Kier molecular flexibility index (Phi) is 5.93. The van der Waals surface area contributed by atoms with Gasteiger partial charge < -0.3 is 9.84 Å². The van der Waals surface area contributed by atoms with Gasteiger partial charge in [-0.25, -0.2) is 4.79 Å². The van der Waals surface area contributed by atoms with E-state index in [1.807, 2.05) is 48.5 Å². The number of carbonyl (C=O) groups excluding carboxylic acids is 1. The molecule has 27 heavy (non-hydrogen) atoms. The number of aliphatic carboxylic acids is 1. The van der Waals surface area contributed by atoms with Gasteiger partial charge in [-0.1, -0.05) is 72.5 Å². The molecule has 2 aromatic carbocycles. The Labute approximate surface area is 166 Å². The van der Waals surface area contributed by atoms with E-state index in [0.29, 0.717) is 10.7 Å². The molecule has 138 valence electrons. The number of thioether (sulfide) groups is 1. The van der Waals surface area contributed by atoms with Crippen molar-refractivity contribution in [1.82, 2.24) is 4.90 Å². The Hall–Kier alpha value is -2.64. The third-order valence-corrected chi connectivity index (χ3v) is 5.45. The topological polar surface area (TPSA) is 66.8 Å². The number of hydrogen-bond donors (Lipinski definition) is 1. The van der Waals surface area contributed by atoms with Gasteiger partial charge in [-0.15, -0.1) is 0 Å². The van der Waals surface area contributed by atoms with Crippen molar-refractivity contribution in [2.24, 2.45) is 0 Å². The number of benzene rings is 2. The molecule has 1 saturated heterocycles. The molecule has 5 nitrogen and oxygen atoms in total. The lowest BCUT2D eigenvalue weighted by atomic mass is 10.0. The van der Waals surface area contributed by atoms with Crippen molar-refractivity contribution >= 4 is 46.3 Å². The quantitative estimate of drug-likeness (QED) is 0.591. The van der Waals surface area contributed by atoms with E-state index in [2.05, 4.69) is 0 Å². The number of ether oxygens (including phenoxy) is 1. The molecular formula is C20H17NO4S2. The number of para-hydroxylation sites is 1. The van der Waals surface area contributed by atoms with Crippen molar-refractivity contribution < 1.29 is 19.4 Å². The minimum absolute atomic E-state index is 0.185. The zero-order chi connectivity index (χ0) is 19.4. The summed E-state index contributed by atoms with van der Waals surface area (Å²) in [5.74, 6) is -0.866. The summed E-state index contributed by atoms with van der Waals surface area (Å²) < 4.78 is 5.54. The van der Waals surface area contributed by atoms with Gasteiger partial charge in [-0.3, -0.25) is 9.69 Å². The van der Waals surface area contributed by atoms with Crippen LogP contribution in [0.2, 0.25) is 0 Å². The van der Waals surface area contributed by atoms with E-state index in [1.54, 1.807) is 19.3 Å². The van der Waals surface area contributed by atoms with Gasteiger partial charge in [0.15, 0.2) is 0 Å². The Balaban J connectivity index is 1.90. The number of nitrogens with zero attached hydrogens (tertiary/aromatic N) is 1. The Morgan fingerprint density at radius 3 is 2.56 bits per heavy atom. The molecule has 1 unspecified atom stereocenters. The zero-order valence-electron chi connectivity index (χ0n) is 14.5. The van der Waals surface area contributed by atoms with Gasteiger partial charge in [-0.05, 0) is 17.7 Å². The average molecular weight is 399 g/mol. The van der Waals surface area contributed by atoms with Crippen LogP contribution in [0.4, 0.5) is 0 Å². The van der Waals surface area contributed by atoms with Crippen molar-refractivity contribution in [3.63, 3.8) is 0 Å². The largest absolute Gasteiger partial charge is 0.496 e. The maximum absolute atomic E-state index is 12.9. The second-order valence-corrected chi connectivity index (χ2v) is 7.51. The number of methoxy groups -OCH3 is 1. The Bertz CT molecular complexity index is 911. The van der Waals surface area contributed by atoms with E-state index in [0.717, 1.165) is 22.9 Å². The summed E-state index contributed by atoms with van der Waals surface area (Å²) in [7, 11) is 1.55. The number of carboxylic acid groups (broad SMARTS) is 1. The van der Waals surface area contributed by atoms with Crippen LogP contribution in [0.5, 0.6) is 5.75 Å². The fourth-order valence-corrected chi connectivity index (χ4v) is 4.15. The molecule has 2 aromatic rings. The van der Waals surface area contributed by atoms with Gasteiger partial charge >= 0.3 is 5.97 Å². The fraction of sp³-hybridized carbons (Fsp3) is 0.150. The summed E-state index contributed by atoms with van der Waals surface area (Å²) in [6, 6.07) is 15.4. The zero-order valence-corrected chi connectivity index (χ0v) is 16.1. The average Bonchev–Trinajstić information content (AvgIpc) is 2.94. The first-order valence-corrected chi connectivity index (χ1v) is 9.40. The fourth-order valence-electron chi connectivity index (χ4n) is 2.80. The van der Waals surface area contributed by atoms with Crippen LogP contribution in [-0.4, -0.2) is 39.4 Å². The van der Waals surface area contributed by atoms with E-state index in [1.165, 1.54) is 4.90 Å². The van der Waals surface area contributed by atoms with Crippen LogP contribution in [0.1, 0.15) is 11.1 Å². The van der Waals surface area contributed by atoms with Crippen LogP contribution in [0.15, 0.2) is 59.5 Å². The summed E-state index contributed by atoms with van der Waals surface area (Å²) in [5, 5.41) is 9.69. The van der Waals surface area contributed by atoms with Gasteiger partial charge in [0.2, 0.25) is 0 Å². The van der Waals surface area contributed by atoms with Crippen LogP contribution < -0.4 is 4.74 Å². The number of hydrogen-bond acceptors (Lipinski definition) is 5. The lowest BCUT2D eigenvalue weighted by molar-refractivity contribution is -0.145. The molecule has 0 bridgehead atoms. The first-order valence-electron chi connectivity index (χ1n) is 8.18. The van der Waals surface area contributed by atoms with Gasteiger partial charge in [0.1, 0.15) is 16.1 Å². The molecule has 0 radical (unpaired) electrons. The second-order valence-electron chi connectivity index (χ2n) is 5.84. The van der Waals surface area contributed by atoms with Gasteiger partial charge in [0.25, 0.3) is 5.91 Å². The predicted molar refractivity (Wildman–Crippen MR) is 110 cm³/mol. The Morgan fingerprint density at radius 2 is 1.89 bits per heavy atom. The smallest absolute Gasteiger partial charge is 0.327 e. The van der Waals surface area contributed by atoms with Crippen LogP contribution in [-0.2, 0) is 16.0 Å². The third-order valence-electron chi connectivity index (χ3n) is 4.12. The molecule has 1 aliphatic heterocycles. The van der Waals surface area contributed by atoms with E-state index in [-0.39, 0.29) is 10.7 Å². The Morgan fingerprint density at radius 1 is 1.22 bits per heavy atom. The first kappa shape index (κ1) is 19.1. The summed E-state index contributed by atoms with van der Waals surface area (Å²) in [6.45, 7) is 0. The normalized spacial score (nSPS) is 16.6. The molecule has 1 N–H and O–H groups in total. The standard InChI is InChI=1S/C20H17NO4S2/c1-25-16-10-6-5-9-14(16)12-17-18(22)21(20(26)27-17)15(19(23)24)11-13-7-3-2-4-8-13/h2-10,12,15H,11H2,1H3,(H,23,24)/b17-12+. The van der Waals surface area contributed by atoms with Crippen LogP contribution in [0.3, 0.4) is 0 Å². The van der Waals surface area contributed by atoms with Gasteiger partial charge in [0.05, 0.1) is 12.0 Å². The number of rotatable bonds is 6. The van der Waals surface area contributed by atoms with Crippen LogP contribution in [0.25, 0.3) is 6.08 Å². The summed E-state index contributed by atoms with van der Waals surface area (Å²) in [6.07, 6.45) is 1.87. The molecule has 0 aromatic heterocycles. The van der Waals surface area contributed by atoms with Gasteiger partial charge in [0, 0.05) is 12.0 Å².